The Hall–Kier alpha value is -3.04. The maximum Gasteiger partial charge on any atom is 0.242 e. The summed E-state index contributed by atoms with van der Waals surface area (Å²) in [6, 6.07) is 15.9. The third kappa shape index (κ3) is 4.90. The molecular formula is C25H29N5O3S. The Balaban J connectivity index is 1.45. The molecule has 0 radical (unpaired) electrons. The minimum Gasteiger partial charge on any atom is -0.495 e. The first kappa shape index (κ1) is 22.7. The van der Waals surface area contributed by atoms with Gasteiger partial charge in [-0.05, 0) is 43.0 Å². The van der Waals surface area contributed by atoms with Crippen molar-refractivity contribution in [3.8, 4) is 5.75 Å². The zero-order valence-electron chi connectivity index (χ0n) is 19.4. The second-order valence-corrected chi connectivity index (χ2v) is 9.66. The zero-order valence-corrected chi connectivity index (χ0v) is 20.3. The number of nitrogens with one attached hydrogen (secondary N) is 1. The van der Waals surface area contributed by atoms with E-state index in [1.54, 1.807) is 7.11 Å². The smallest absolute Gasteiger partial charge is 0.242 e. The number of aryl methyl sites for hydroxylation is 1. The van der Waals surface area contributed by atoms with Crippen molar-refractivity contribution in [2.75, 3.05) is 43.6 Å². The van der Waals surface area contributed by atoms with Crippen LogP contribution in [-0.2, 0) is 9.53 Å². The number of carbonyl (C=O) groups excluding carboxylic acids is 1. The molecule has 9 heteroatoms. The number of hydrogen-bond donors (Lipinski definition) is 1. The summed E-state index contributed by atoms with van der Waals surface area (Å²) in [6.45, 7) is 4.96. The predicted molar refractivity (Wildman–Crippen MR) is 133 cm³/mol. The van der Waals surface area contributed by atoms with Gasteiger partial charge in [-0.2, -0.15) is 0 Å². The summed E-state index contributed by atoms with van der Waals surface area (Å²) >= 11 is 1.45. The molecule has 1 unspecified atom stereocenters. The number of carbonyl (C=O) groups is 1. The molecule has 5 rings (SSSR count). The fourth-order valence-electron chi connectivity index (χ4n) is 4.10. The highest BCUT2D eigenvalue weighted by molar-refractivity contribution is 8.00. The Kier molecular flexibility index (Phi) is 6.73. The minimum absolute atomic E-state index is 0.127. The number of thioether (sulfide) groups is 1. The van der Waals surface area contributed by atoms with Gasteiger partial charge in [0.15, 0.2) is 5.16 Å². The Bertz CT molecular complexity index is 1140. The van der Waals surface area contributed by atoms with E-state index in [9.17, 15) is 4.79 Å². The first-order valence-corrected chi connectivity index (χ1v) is 12.5. The summed E-state index contributed by atoms with van der Waals surface area (Å²) in [5.74, 6) is 1.38. The molecule has 1 amide bonds. The molecule has 1 saturated carbocycles. The third-order valence-corrected chi connectivity index (χ3v) is 7.24. The van der Waals surface area contributed by atoms with E-state index in [1.165, 1.54) is 11.8 Å². The van der Waals surface area contributed by atoms with Gasteiger partial charge in [-0.25, -0.2) is 0 Å². The first-order chi connectivity index (χ1) is 16.6. The van der Waals surface area contributed by atoms with E-state index in [0.717, 1.165) is 48.2 Å². The molecule has 1 atom stereocenters. The Labute approximate surface area is 203 Å². The summed E-state index contributed by atoms with van der Waals surface area (Å²) in [5, 5.41) is 12.4. The Morgan fingerprint density at radius 3 is 2.62 bits per heavy atom. The quantitative estimate of drug-likeness (QED) is 0.484. The summed E-state index contributed by atoms with van der Waals surface area (Å²) < 4.78 is 13.2. The van der Waals surface area contributed by atoms with E-state index < -0.39 is 5.25 Å². The molecule has 1 N–H and O–H groups in total. The molecule has 2 aliphatic rings. The van der Waals surface area contributed by atoms with Crippen LogP contribution in [0.15, 0.2) is 53.7 Å². The van der Waals surface area contributed by atoms with Crippen LogP contribution >= 0.6 is 11.8 Å². The van der Waals surface area contributed by atoms with Gasteiger partial charge in [0.05, 0.1) is 26.0 Å². The van der Waals surface area contributed by atoms with Crippen molar-refractivity contribution in [2.24, 2.45) is 0 Å². The van der Waals surface area contributed by atoms with Crippen molar-refractivity contribution in [3.05, 3.63) is 59.7 Å². The largest absolute Gasteiger partial charge is 0.495 e. The summed E-state index contributed by atoms with van der Waals surface area (Å²) in [6.07, 6.45) is 2.21. The van der Waals surface area contributed by atoms with Crippen molar-refractivity contribution in [3.63, 3.8) is 0 Å². The molecule has 178 valence electrons. The molecule has 1 saturated heterocycles. The van der Waals surface area contributed by atoms with Gasteiger partial charge in [-0.3, -0.25) is 9.36 Å². The lowest BCUT2D eigenvalue weighted by Gasteiger charge is -2.28. The van der Waals surface area contributed by atoms with Crippen molar-refractivity contribution in [1.82, 2.24) is 14.8 Å². The second kappa shape index (κ2) is 10.1. The van der Waals surface area contributed by atoms with Gasteiger partial charge in [-0.1, -0.05) is 48.2 Å². The third-order valence-electron chi connectivity index (χ3n) is 6.03. The molecule has 2 fully saturated rings. The van der Waals surface area contributed by atoms with Crippen LogP contribution in [0.1, 0.15) is 35.3 Å². The van der Waals surface area contributed by atoms with Crippen LogP contribution in [0.2, 0.25) is 0 Å². The number of amides is 1. The van der Waals surface area contributed by atoms with Crippen molar-refractivity contribution in [1.29, 1.82) is 0 Å². The highest BCUT2D eigenvalue weighted by Gasteiger charge is 2.34. The summed E-state index contributed by atoms with van der Waals surface area (Å²) in [5.41, 5.74) is 2.62. The SMILES string of the molecule is COc1ccc(C)cc1NC(=O)C(Sc1nnc(N2CCOCC2)n1C1CC1)c1ccccc1. The van der Waals surface area contributed by atoms with E-state index in [2.05, 4.69) is 25.0 Å². The summed E-state index contributed by atoms with van der Waals surface area (Å²) in [4.78, 5) is 15.9. The maximum absolute atomic E-state index is 13.6. The van der Waals surface area contributed by atoms with Gasteiger partial charge in [0.25, 0.3) is 0 Å². The number of anilines is 2. The molecule has 3 aromatic rings. The van der Waals surface area contributed by atoms with Crippen LogP contribution in [-0.4, -0.2) is 54.1 Å². The average molecular weight is 480 g/mol. The number of morpholine rings is 1. The van der Waals surface area contributed by atoms with E-state index in [-0.39, 0.29) is 5.91 Å². The molecule has 0 bridgehead atoms. The van der Waals surface area contributed by atoms with E-state index >= 15 is 0 Å². The van der Waals surface area contributed by atoms with Gasteiger partial charge in [-0.15, -0.1) is 10.2 Å². The Morgan fingerprint density at radius 1 is 1.15 bits per heavy atom. The molecule has 2 aromatic carbocycles. The van der Waals surface area contributed by atoms with Crippen LogP contribution in [0.4, 0.5) is 11.6 Å². The number of benzene rings is 2. The molecule has 2 heterocycles. The molecule has 8 nitrogen and oxygen atoms in total. The molecular weight excluding hydrogens is 450 g/mol. The predicted octanol–water partition coefficient (Wildman–Crippen LogP) is 4.24. The second-order valence-electron chi connectivity index (χ2n) is 8.58. The number of rotatable bonds is 8. The van der Waals surface area contributed by atoms with Crippen LogP contribution in [0.5, 0.6) is 5.75 Å². The normalized spacial score (nSPS) is 16.8. The minimum atomic E-state index is -0.495. The van der Waals surface area contributed by atoms with E-state index in [4.69, 9.17) is 9.47 Å². The molecule has 1 aromatic heterocycles. The van der Waals surface area contributed by atoms with E-state index in [1.807, 2.05) is 55.5 Å². The standard InChI is InChI=1S/C25H29N5O3S/c1-17-8-11-21(32-2)20(16-17)26-23(31)22(18-6-4-3-5-7-18)34-25-28-27-24(30(25)19-9-10-19)29-12-14-33-15-13-29/h3-8,11,16,19,22H,9-10,12-15H2,1-2H3,(H,26,31). The lowest BCUT2D eigenvalue weighted by Crippen LogP contribution is -2.38. The van der Waals surface area contributed by atoms with Crippen molar-refractivity contribution >= 4 is 29.3 Å². The topological polar surface area (TPSA) is 81.5 Å². The first-order valence-electron chi connectivity index (χ1n) is 11.6. The number of aromatic nitrogens is 3. The van der Waals surface area contributed by atoms with Crippen molar-refractivity contribution < 1.29 is 14.3 Å². The van der Waals surface area contributed by atoms with Gasteiger partial charge >= 0.3 is 0 Å². The highest BCUT2D eigenvalue weighted by Crippen LogP contribution is 2.44. The molecule has 0 spiro atoms. The lowest BCUT2D eigenvalue weighted by atomic mass is 10.1. The van der Waals surface area contributed by atoms with Crippen LogP contribution in [0, 0.1) is 6.92 Å². The van der Waals surface area contributed by atoms with Crippen LogP contribution < -0.4 is 15.0 Å². The number of ether oxygens (including phenoxy) is 2. The van der Waals surface area contributed by atoms with Crippen LogP contribution in [0.25, 0.3) is 0 Å². The lowest BCUT2D eigenvalue weighted by molar-refractivity contribution is -0.115. The Morgan fingerprint density at radius 2 is 1.91 bits per heavy atom. The maximum atomic E-state index is 13.6. The van der Waals surface area contributed by atoms with E-state index in [0.29, 0.717) is 30.7 Å². The number of methoxy groups -OCH3 is 1. The van der Waals surface area contributed by atoms with Crippen molar-refractivity contribution in [2.45, 2.75) is 36.2 Å². The van der Waals surface area contributed by atoms with Gasteiger partial charge in [0.2, 0.25) is 11.9 Å². The summed E-state index contributed by atoms with van der Waals surface area (Å²) in [7, 11) is 1.61. The van der Waals surface area contributed by atoms with Crippen LogP contribution in [0.3, 0.4) is 0 Å². The van der Waals surface area contributed by atoms with Gasteiger partial charge in [0.1, 0.15) is 11.0 Å². The van der Waals surface area contributed by atoms with Gasteiger partial charge in [0, 0.05) is 19.1 Å². The highest BCUT2D eigenvalue weighted by atomic mass is 32.2. The fourth-order valence-corrected chi connectivity index (χ4v) is 5.21. The molecule has 1 aliphatic heterocycles. The average Bonchev–Trinajstić information content (AvgIpc) is 3.62. The zero-order chi connectivity index (χ0) is 23.5. The monoisotopic (exact) mass is 479 g/mol. The number of nitrogens with zero attached hydrogens (tertiary/aromatic N) is 4. The fraction of sp³-hybridized carbons (Fsp3) is 0.400. The molecule has 1 aliphatic carbocycles. The number of hydrogen-bond acceptors (Lipinski definition) is 7. The molecule has 34 heavy (non-hydrogen) atoms. The van der Waals surface area contributed by atoms with Gasteiger partial charge < -0.3 is 19.7 Å².